The predicted octanol–water partition coefficient (Wildman–Crippen LogP) is 2.77. The van der Waals surface area contributed by atoms with Gasteiger partial charge in [0.2, 0.25) is 0 Å². The first-order chi connectivity index (χ1) is 9.65. The summed E-state index contributed by atoms with van der Waals surface area (Å²) in [5.74, 6) is 1.71. The fourth-order valence-corrected chi connectivity index (χ4v) is 2.88. The molecule has 20 heavy (non-hydrogen) atoms. The van der Waals surface area contributed by atoms with Gasteiger partial charge in [0, 0.05) is 31.7 Å². The van der Waals surface area contributed by atoms with Crippen LogP contribution in [0.5, 0.6) is 5.75 Å². The minimum atomic E-state index is 0.579. The molecule has 1 saturated heterocycles. The molecule has 2 atom stereocenters. The zero-order valence-electron chi connectivity index (χ0n) is 13.0. The third-order valence-electron chi connectivity index (χ3n) is 3.86. The molecule has 1 aliphatic rings. The van der Waals surface area contributed by atoms with E-state index in [2.05, 4.69) is 31.0 Å². The number of hydrogen-bond acceptors (Lipinski definition) is 3. The molecule has 1 aromatic carbocycles. The zero-order chi connectivity index (χ0) is 14.4. The average molecular weight is 276 g/mol. The van der Waals surface area contributed by atoms with Crippen LogP contribution < -0.4 is 10.1 Å². The Labute approximate surface area is 123 Å². The first kappa shape index (κ1) is 15.3. The highest BCUT2D eigenvalue weighted by Crippen LogP contribution is 2.15. The molecule has 2 unspecified atom stereocenters. The van der Waals surface area contributed by atoms with Crippen LogP contribution in [0.15, 0.2) is 30.3 Å². The molecule has 0 bridgehead atoms. The standard InChI is InChI=1S/C17H28N2O/c1-14(2)11-16-12-18-15(3)13-19(16)9-10-20-17-7-5-4-6-8-17/h4-8,14-16,18H,9-13H2,1-3H3. The van der Waals surface area contributed by atoms with E-state index >= 15 is 0 Å². The molecule has 0 radical (unpaired) electrons. The fourth-order valence-electron chi connectivity index (χ4n) is 2.88. The minimum absolute atomic E-state index is 0.579. The van der Waals surface area contributed by atoms with Gasteiger partial charge in [-0.3, -0.25) is 4.90 Å². The second-order valence-corrected chi connectivity index (χ2v) is 6.25. The van der Waals surface area contributed by atoms with Gasteiger partial charge in [-0.1, -0.05) is 32.0 Å². The highest BCUT2D eigenvalue weighted by Gasteiger charge is 2.25. The highest BCUT2D eigenvalue weighted by molar-refractivity contribution is 5.20. The Bertz CT molecular complexity index is 380. The topological polar surface area (TPSA) is 24.5 Å². The number of piperazine rings is 1. The molecule has 1 heterocycles. The summed E-state index contributed by atoms with van der Waals surface area (Å²) in [4.78, 5) is 2.59. The highest BCUT2D eigenvalue weighted by atomic mass is 16.5. The molecule has 0 saturated carbocycles. The smallest absolute Gasteiger partial charge is 0.119 e. The van der Waals surface area contributed by atoms with Gasteiger partial charge in [0.05, 0.1) is 0 Å². The van der Waals surface area contributed by atoms with Crippen LogP contribution in [-0.4, -0.2) is 43.2 Å². The van der Waals surface area contributed by atoms with Gasteiger partial charge in [-0.05, 0) is 31.4 Å². The quantitative estimate of drug-likeness (QED) is 0.864. The third kappa shape index (κ3) is 4.80. The molecule has 2 rings (SSSR count). The molecule has 1 N–H and O–H groups in total. The maximum absolute atomic E-state index is 5.84. The molecule has 1 aromatic rings. The van der Waals surface area contributed by atoms with E-state index in [1.54, 1.807) is 0 Å². The van der Waals surface area contributed by atoms with Crippen molar-refractivity contribution in [3.05, 3.63) is 30.3 Å². The van der Waals surface area contributed by atoms with Crippen LogP contribution in [0.1, 0.15) is 27.2 Å². The number of rotatable bonds is 6. The van der Waals surface area contributed by atoms with Gasteiger partial charge in [0.25, 0.3) is 0 Å². The van der Waals surface area contributed by atoms with E-state index in [1.165, 1.54) is 6.42 Å². The van der Waals surface area contributed by atoms with Crippen LogP contribution >= 0.6 is 0 Å². The molecule has 1 fully saturated rings. The summed E-state index contributed by atoms with van der Waals surface area (Å²) in [5, 5.41) is 3.59. The summed E-state index contributed by atoms with van der Waals surface area (Å²) in [6.07, 6.45) is 1.26. The van der Waals surface area contributed by atoms with E-state index in [4.69, 9.17) is 4.74 Å². The first-order valence-electron chi connectivity index (χ1n) is 7.80. The van der Waals surface area contributed by atoms with E-state index in [-0.39, 0.29) is 0 Å². The second-order valence-electron chi connectivity index (χ2n) is 6.25. The lowest BCUT2D eigenvalue weighted by atomic mass is 9.99. The molecule has 0 aliphatic carbocycles. The summed E-state index contributed by atoms with van der Waals surface area (Å²) < 4.78 is 5.84. The largest absolute Gasteiger partial charge is 0.492 e. The summed E-state index contributed by atoms with van der Waals surface area (Å²) in [6, 6.07) is 11.3. The van der Waals surface area contributed by atoms with Gasteiger partial charge in [-0.2, -0.15) is 0 Å². The molecular weight excluding hydrogens is 248 g/mol. The van der Waals surface area contributed by atoms with Gasteiger partial charge in [-0.15, -0.1) is 0 Å². The van der Waals surface area contributed by atoms with Crippen LogP contribution in [0.2, 0.25) is 0 Å². The van der Waals surface area contributed by atoms with E-state index in [9.17, 15) is 0 Å². The van der Waals surface area contributed by atoms with Crippen LogP contribution in [0.4, 0.5) is 0 Å². The summed E-state index contributed by atoms with van der Waals surface area (Å²) in [7, 11) is 0. The van der Waals surface area contributed by atoms with E-state index < -0.39 is 0 Å². The maximum atomic E-state index is 5.84. The SMILES string of the molecule is CC(C)CC1CNC(C)CN1CCOc1ccccc1. The summed E-state index contributed by atoms with van der Waals surface area (Å²) in [6.45, 7) is 10.9. The van der Waals surface area contributed by atoms with Crippen molar-refractivity contribution >= 4 is 0 Å². The van der Waals surface area contributed by atoms with Gasteiger partial charge in [0.15, 0.2) is 0 Å². The molecular formula is C17H28N2O. The van der Waals surface area contributed by atoms with Crippen molar-refractivity contribution in [1.82, 2.24) is 10.2 Å². The van der Waals surface area contributed by atoms with Crippen molar-refractivity contribution in [2.24, 2.45) is 5.92 Å². The van der Waals surface area contributed by atoms with Crippen molar-refractivity contribution in [3.63, 3.8) is 0 Å². The molecule has 3 heteroatoms. The van der Waals surface area contributed by atoms with Gasteiger partial charge < -0.3 is 10.1 Å². The monoisotopic (exact) mass is 276 g/mol. The number of para-hydroxylation sites is 1. The van der Waals surface area contributed by atoms with E-state index in [1.807, 2.05) is 30.3 Å². The molecule has 0 spiro atoms. The van der Waals surface area contributed by atoms with E-state index in [0.717, 1.165) is 37.9 Å². The molecule has 1 aliphatic heterocycles. The van der Waals surface area contributed by atoms with Gasteiger partial charge in [-0.25, -0.2) is 0 Å². The maximum Gasteiger partial charge on any atom is 0.119 e. The van der Waals surface area contributed by atoms with Crippen molar-refractivity contribution in [2.45, 2.75) is 39.3 Å². The third-order valence-corrected chi connectivity index (χ3v) is 3.86. The summed E-state index contributed by atoms with van der Waals surface area (Å²) >= 11 is 0. The Morgan fingerprint density at radius 3 is 2.75 bits per heavy atom. The van der Waals surface area contributed by atoms with Crippen LogP contribution in [0, 0.1) is 5.92 Å². The Morgan fingerprint density at radius 1 is 1.30 bits per heavy atom. The number of ether oxygens (including phenoxy) is 1. The first-order valence-corrected chi connectivity index (χ1v) is 7.80. The average Bonchev–Trinajstić information content (AvgIpc) is 2.42. The van der Waals surface area contributed by atoms with Crippen molar-refractivity contribution in [1.29, 1.82) is 0 Å². The fraction of sp³-hybridized carbons (Fsp3) is 0.647. The molecule has 0 amide bonds. The van der Waals surface area contributed by atoms with Gasteiger partial charge in [0.1, 0.15) is 12.4 Å². The van der Waals surface area contributed by atoms with Crippen LogP contribution in [0.3, 0.4) is 0 Å². The number of nitrogens with zero attached hydrogens (tertiary/aromatic N) is 1. The normalized spacial score (nSPS) is 24.0. The second kappa shape index (κ2) is 7.65. The predicted molar refractivity (Wildman–Crippen MR) is 84.2 cm³/mol. The Morgan fingerprint density at radius 2 is 2.05 bits per heavy atom. The van der Waals surface area contributed by atoms with Crippen molar-refractivity contribution in [3.8, 4) is 5.75 Å². The Kier molecular flexibility index (Phi) is 5.86. The number of benzene rings is 1. The molecule has 0 aromatic heterocycles. The lowest BCUT2D eigenvalue weighted by Gasteiger charge is -2.40. The van der Waals surface area contributed by atoms with Crippen LogP contribution in [-0.2, 0) is 0 Å². The lowest BCUT2D eigenvalue weighted by molar-refractivity contribution is 0.1000. The number of nitrogens with one attached hydrogen (secondary N) is 1. The minimum Gasteiger partial charge on any atom is -0.492 e. The zero-order valence-corrected chi connectivity index (χ0v) is 13.0. The molecule has 112 valence electrons. The van der Waals surface area contributed by atoms with E-state index in [0.29, 0.717) is 12.1 Å². The van der Waals surface area contributed by atoms with Crippen LogP contribution in [0.25, 0.3) is 0 Å². The van der Waals surface area contributed by atoms with Crippen molar-refractivity contribution in [2.75, 3.05) is 26.2 Å². The lowest BCUT2D eigenvalue weighted by Crippen LogP contribution is -2.56. The summed E-state index contributed by atoms with van der Waals surface area (Å²) in [5.41, 5.74) is 0. The Balaban J connectivity index is 1.81. The number of hydrogen-bond donors (Lipinski definition) is 1. The molecule has 3 nitrogen and oxygen atoms in total. The van der Waals surface area contributed by atoms with Gasteiger partial charge >= 0.3 is 0 Å². The van der Waals surface area contributed by atoms with Crippen molar-refractivity contribution < 1.29 is 4.74 Å². The Hall–Kier alpha value is -1.06.